The van der Waals surface area contributed by atoms with Crippen molar-refractivity contribution in [2.45, 2.75) is 20.0 Å². The minimum Gasteiger partial charge on any atom is -0.497 e. The molecule has 1 heterocycles. The lowest BCUT2D eigenvalue weighted by Crippen LogP contribution is -2.31. The normalized spacial score (nSPS) is 10.8. The van der Waals surface area contributed by atoms with Crippen LogP contribution in [0.15, 0.2) is 66.7 Å². The fourth-order valence-electron chi connectivity index (χ4n) is 4.00. The number of benzene rings is 3. The van der Waals surface area contributed by atoms with Gasteiger partial charge < -0.3 is 19.1 Å². The molecule has 4 aromatic rings. The molecule has 0 atom stereocenters. The largest absolute Gasteiger partial charge is 0.497 e. The van der Waals surface area contributed by atoms with Gasteiger partial charge in [-0.1, -0.05) is 35.9 Å². The van der Waals surface area contributed by atoms with Gasteiger partial charge in [0.1, 0.15) is 10.9 Å². The number of ether oxygens (including phenoxy) is 3. The number of fused-ring (bicyclic) bond motifs is 1. The first-order valence-corrected chi connectivity index (χ1v) is 11.5. The molecule has 4 rings (SSSR count). The highest BCUT2D eigenvalue weighted by molar-refractivity contribution is 6.30. The second-order valence-electron chi connectivity index (χ2n) is 8.16. The average Bonchev–Trinajstić information content (AvgIpc) is 2.88. The Hall–Kier alpha value is -3.77. The van der Waals surface area contributed by atoms with Gasteiger partial charge in [0.25, 0.3) is 5.91 Å². The minimum absolute atomic E-state index is 0.0975. The van der Waals surface area contributed by atoms with Crippen LogP contribution in [0.5, 0.6) is 17.2 Å². The molecule has 0 unspecified atom stereocenters. The summed E-state index contributed by atoms with van der Waals surface area (Å²) < 4.78 is 16.2. The molecule has 180 valence electrons. The van der Waals surface area contributed by atoms with Crippen LogP contribution in [0, 0.1) is 6.92 Å². The van der Waals surface area contributed by atoms with Gasteiger partial charge in [-0.25, -0.2) is 4.98 Å². The fraction of sp³-hybridized carbons (Fsp3) is 0.214. The van der Waals surface area contributed by atoms with E-state index in [1.807, 2.05) is 73.7 Å². The maximum Gasteiger partial charge on any atom is 0.254 e. The summed E-state index contributed by atoms with van der Waals surface area (Å²) in [5.41, 5.74) is 3.95. The van der Waals surface area contributed by atoms with E-state index in [9.17, 15) is 4.79 Å². The summed E-state index contributed by atoms with van der Waals surface area (Å²) in [4.78, 5) is 20.0. The lowest BCUT2D eigenvalue weighted by Gasteiger charge is -2.25. The summed E-state index contributed by atoms with van der Waals surface area (Å²) in [6, 6.07) is 20.8. The zero-order chi connectivity index (χ0) is 24.9. The van der Waals surface area contributed by atoms with Crippen molar-refractivity contribution in [3.63, 3.8) is 0 Å². The summed E-state index contributed by atoms with van der Waals surface area (Å²) in [5.74, 6) is 1.86. The molecule has 0 aliphatic rings. The number of halogens is 1. The van der Waals surface area contributed by atoms with Crippen LogP contribution in [-0.2, 0) is 13.1 Å². The van der Waals surface area contributed by atoms with Gasteiger partial charge in [-0.3, -0.25) is 4.79 Å². The summed E-state index contributed by atoms with van der Waals surface area (Å²) in [6.07, 6.45) is 0. The predicted molar refractivity (Wildman–Crippen MR) is 138 cm³/mol. The molecule has 0 spiro atoms. The van der Waals surface area contributed by atoms with Crippen molar-refractivity contribution in [1.29, 1.82) is 0 Å². The quantitative estimate of drug-likeness (QED) is 0.281. The van der Waals surface area contributed by atoms with E-state index in [-0.39, 0.29) is 12.5 Å². The molecule has 0 bridgehead atoms. The molecular weight excluding hydrogens is 464 g/mol. The van der Waals surface area contributed by atoms with E-state index in [1.54, 1.807) is 26.2 Å². The van der Waals surface area contributed by atoms with E-state index in [4.69, 9.17) is 25.8 Å². The van der Waals surface area contributed by atoms with Crippen molar-refractivity contribution in [2.24, 2.45) is 0 Å². The van der Waals surface area contributed by atoms with Crippen LogP contribution in [0.2, 0.25) is 5.15 Å². The second-order valence-corrected chi connectivity index (χ2v) is 8.52. The van der Waals surface area contributed by atoms with Crippen molar-refractivity contribution in [3.05, 3.63) is 94.1 Å². The first-order valence-electron chi connectivity index (χ1n) is 11.1. The van der Waals surface area contributed by atoms with Crippen LogP contribution in [0.1, 0.15) is 27.0 Å². The third-order valence-corrected chi connectivity index (χ3v) is 6.22. The minimum atomic E-state index is -0.0975. The zero-order valence-corrected chi connectivity index (χ0v) is 20.9. The van der Waals surface area contributed by atoms with Crippen molar-refractivity contribution >= 4 is 28.4 Å². The van der Waals surface area contributed by atoms with E-state index in [1.165, 1.54) is 0 Å². The van der Waals surface area contributed by atoms with Crippen LogP contribution in [-0.4, -0.2) is 37.1 Å². The Balaban J connectivity index is 1.74. The van der Waals surface area contributed by atoms with Gasteiger partial charge in [-0.2, -0.15) is 0 Å². The maximum atomic E-state index is 13.7. The van der Waals surface area contributed by atoms with Crippen LogP contribution in [0.4, 0.5) is 0 Å². The number of nitrogens with zero attached hydrogens (tertiary/aromatic N) is 2. The van der Waals surface area contributed by atoms with E-state index in [0.29, 0.717) is 28.8 Å². The fourth-order valence-corrected chi connectivity index (χ4v) is 4.21. The van der Waals surface area contributed by atoms with Crippen molar-refractivity contribution < 1.29 is 19.0 Å². The van der Waals surface area contributed by atoms with Gasteiger partial charge in [0.15, 0.2) is 11.5 Å². The van der Waals surface area contributed by atoms with Crippen LogP contribution < -0.4 is 14.2 Å². The van der Waals surface area contributed by atoms with Gasteiger partial charge in [0.2, 0.25) is 0 Å². The highest BCUT2D eigenvalue weighted by Gasteiger charge is 2.21. The van der Waals surface area contributed by atoms with E-state index in [2.05, 4.69) is 4.98 Å². The summed E-state index contributed by atoms with van der Waals surface area (Å²) in [6.45, 7) is 2.55. The Bertz CT molecular complexity index is 1370. The Morgan fingerprint density at radius 1 is 0.886 bits per heavy atom. The predicted octanol–water partition coefficient (Wildman–Crippen LogP) is 6.07. The molecule has 6 nitrogen and oxygen atoms in total. The van der Waals surface area contributed by atoms with E-state index < -0.39 is 0 Å². The summed E-state index contributed by atoms with van der Waals surface area (Å²) in [7, 11) is 4.80. The number of pyridine rings is 1. The summed E-state index contributed by atoms with van der Waals surface area (Å²) in [5, 5.41) is 1.25. The first kappa shape index (κ1) is 24.4. The molecule has 1 amide bonds. The molecule has 1 aromatic heterocycles. The zero-order valence-electron chi connectivity index (χ0n) is 20.2. The number of carbonyl (C=O) groups excluding carboxylic acids is 1. The Morgan fingerprint density at radius 2 is 1.66 bits per heavy atom. The topological polar surface area (TPSA) is 60.9 Å². The van der Waals surface area contributed by atoms with Crippen LogP contribution >= 0.6 is 11.6 Å². The van der Waals surface area contributed by atoms with Gasteiger partial charge >= 0.3 is 0 Å². The van der Waals surface area contributed by atoms with Crippen LogP contribution in [0.3, 0.4) is 0 Å². The van der Waals surface area contributed by atoms with Crippen molar-refractivity contribution in [1.82, 2.24) is 9.88 Å². The van der Waals surface area contributed by atoms with E-state index in [0.717, 1.165) is 33.3 Å². The Kier molecular flexibility index (Phi) is 7.42. The first-order chi connectivity index (χ1) is 16.9. The highest BCUT2D eigenvalue weighted by Crippen LogP contribution is 2.30. The average molecular weight is 491 g/mol. The van der Waals surface area contributed by atoms with Crippen molar-refractivity contribution in [3.8, 4) is 17.2 Å². The number of aryl methyl sites for hydroxylation is 1. The number of rotatable bonds is 8. The molecular formula is C28H27ClN2O4. The molecule has 0 radical (unpaired) electrons. The number of hydrogen-bond donors (Lipinski definition) is 0. The molecule has 0 aliphatic carbocycles. The lowest BCUT2D eigenvalue weighted by molar-refractivity contribution is 0.0729. The summed E-state index contributed by atoms with van der Waals surface area (Å²) >= 11 is 6.58. The Labute approximate surface area is 210 Å². The molecule has 0 saturated carbocycles. The van der Waals surface area contributed by atoms with Crippen LogP contribution in [0.25, 0.3) is 10.9 Å². The molecule has 0 aliphatic heterocycles. The number of methoxy groups -OCH3 is 3. The smallest absolute Gasteiger partial charge is 0.254 e. The molecule has 7 heteroatoms. The number of aromatic nitrogens is 1. The van der Waals surface area contributed by atoms with Gasteiger partial charge in [-0.05, 0) is 60.5 Å². The number of hydrogen-bond acceptors (Lipinski definition) is 5. The monoisotopic (exact) mass is 490 g/mol. The Morgan fingerprint density at radius 3 is 2.37 bits per heavy atom. The molecule has 3 aromatic carbocycles. The number of carbonyl (C=O) groups is 1. The third-order valence-electron chi connectivity index (χ3n) is 5.89. The lowest BCUT2D eigenvalue weighted by atomic mass is 10.1. The molecule has 0 N–H and O–H groups in total. The third kappa shape index (κ3) is 5.33. The molecule has 0 saturated heterocycles. The highest BCUT2D eigenvalue weighted by atomic mass is 35.5. The van der Waals surface area contributed by atoms with Crippen molar-refractivity contribution in [2.75, 3.05) is 21.3 Å². The van der Waals surface area contributed by atoms with E-state index >= 15 is 0 Å². The van der Waals surface area contributed by atoms with Gasteiger partial charge in [0.05, 0.1) is 26.8 Å². The SMILES string of the molecule is COc1ccc2nc(Cl)c(CN(Cc3ccc(OC)c(OC)c3)C(=O)c3ccccc3C)cc2c1. The molecule has 0 fully saturated rings. The maximum absolute atomic E-state index is 13.7. The van der Waals surface area contributed by atoms with Gasteiger partial charge in [-0.15, -0.1) is 0 Å². The second kappa shape index (κ2) is 10.7. The van der Waals surface area contributed by atoms with Gasteiger partial charge in [0, 0.05) is 29.6 Å². The standard InChI is InChI=1S/C28H27ClN2O4/c1-18-7-5-6-8-23(18)28(32)31(16-19-9-12-25(34-3)26(13-19)35-4)17-21-14-20-15-22(33-2)10-11-24(20)30-27(21)29/h5-15H,16-17H2,1-4H3. The molecule has 35 heavy (non-hydrogen) atoms. The number of amides is 1.